The van der Waals surface area contributed by atoms with Gasteiger partial charge in [-0.3, -0.25) is 0 Å². The number of rotatable bonds is 3. The summed E-state index contributed by atoms with van der Waals surface area (Å²) in [5.41, 5.74) is 0. The Labute approximate surface area is 74.6 Å². The minimum absolute atomic E-state index is 0.159. The SMILES string of the molecule is CCC/C=C/[C@H]1COC(C)(C)O1. The van der Waals surface area contributed by atoms with E-state index in [0.29, 0.717) is 6.61 Å². The van der Waals surface area contributed by atoms with Gasteiger partial charge in [-0.15, -0.1) is 0 Å². The van der Waals surface area contributed by atoms with Crippen LogP contribution in [-0.4, -0.2) is 18.5 Å². The average molecular weight is 170 g/mol. The summed E-state index contributed by atoms with van der Waals surface area (Å²) in [5.74, 6) is -0.388. The van der Waals surface area contributed by atoms with Crippen LogP contribution in [0.5, 0.6) is 0 Å². The second-order valence-corrected chi connectivity index (χ2v) is 3.58. The van der Waals surface area contributed by atoms with Crippen LogP contribution in [0.1, 0.15) is 33.6 Å². The van der Waals surface area contributed by atoms with Gasteiger partial charge in [-0.25, -0.2) is 0 Å². The van der Waals surface area contributed by atoms with Gasteiger partial charge in [0.25, 0.3) is 0 Å². The predicted molar refractivity (Wildman–Crippen MR) is 49.0 cm³/mol. The fourth-order valence-electron chi connectivity index (χ4n) is 1.22. The van der Waals surface area contributed by atoms with Crippen LogP contribution in [0.2, 0.25) is 0 Å². The van der Waals surface area contributed by atoms with Crippen molar-refractivity contribution < 1.29 is 9.47 Å². The highest BCUT2D eigenvalue weighted by atomic mass is 16.7. The summed E-state index contributed by atoms with van der Waals surface area (Å²) in [4.78, 5) is 0. The number of unbranched alkanes of at least 4 members (excludes halogenated alkanes) is 1. The molecule has 2 nitrogen and oxygen atoms in total. The lowest BCUT2D eigenvalue weighted by molar-refractivity contribution is -0.133. The highest BCUT2D eigenvalue weighted by Gasteiger charge is 2.30. The van der Waals surface area contributed by atoms with E-state index in [0.717, 1.165) is 6.42 Å². The fraction of sp³-hybridized carbons (Fsp3) is 0.800. The molecule has 0 unspecified atom stereocenters. The highest BCUT2D eigenvalue weighted by Crippen LogP contribution is 2.22. The molecular formula is C10H18O2. The summed E-state index contributed by atoms with van der Waals surface area (Å²) in [5, 5.41) is 0. The van der Waals surface area contributed by atoms with Gasteiger partial charge >= 0.3 is 0 Å². The van der Waals surface area contributed by atoms with Crippen molar-refractivity contribution in [3.63, 3.8) is 0 Å². The minimum Gasteiger partial charge on any atom is -0.347 e. The molecule has 12 heavy (non-hydrogen) atoms. The van der Waals surface area contributed by atoms with Gasteiger partial charge in [0.1, 0.15) is 6.10 Å². The monoisotopic (exact) mass is 170 g/mol. The fourth-order valence-corrected chi connectivity index (χ4v) is 1.22. The first kappa shape index (κ1) is 9.75. The lowest BCUT2D eigenvalue weighted by Gasteiger charge is -2.15. The molecule has 1 aliphatic rings. The molecule has 0 aromatic rings. The van der Waals surface area contributed by atoms with Crippen molar-refractivity contribution >= 4 is 0 Å². The van der Waals surface area contributed by atoms with Crippen molar-refractivity contribution in [2.45, 2.75) is 45.5 Å². The second kappa shape index (κ2) is 4.06. The average Bonchev–Trinajstić information content (AvgIpc) is 2.31. The quantitative estimate of drug-likeness (QED) is 0.606. The molecule has 1 atom stereocenters. The van der Waals surface area contributed by atoms with Gasteiger partial charge in [-0.1, -0.05) is 25.5 Å². The maximum absolute atomic E-state index is 5.59. The molecule has 0 bridgehead atoms. The molecule has 2 heteroatoms. The molecule has 1 fully saturated rings. The van der Waals surface area contributed by atoms with E-state index in [2.05, 4.69) is 19.1 Å². The standard InChI is InChI=1S/C10H18O2/c1-4-5-6-7-9-8-11-10(2,3)12-9/h6-7,9H,4-5,8H2,1-3H3/b7-6+/t9-/m0/s1. The van der Waals surface area contributed by atoms with Crippen LogP contribution in [0.15, 0.2) is 12.2 Å². The van der Waals surface area contributed by atoms with Crippen molar-refractivity contribution in [1.29, 1.82) is 0 Å². The van der Waals surface area contributed by atoms with Crippen LogP contribution in [0.4, 0.5) is 0 Å². The van der Waals surface area contributed by atoms with Gasteiger partial charge in [-0.2, -0.15) is 0 Å². The van der Waals surface area contributed by atoms with Crippen molar-refractivity contribution in [3.8, 4) is 0 Å². The Morgan fingerprint density at radius 3 is 2.75 bits per heavy atom. The normalized spacial score (nSPS) is 28.4. The summed E-state index contributed by atoms with van der Waals surface area (Å²) in [6.07, 6.45) is 6.73. The molecule has 0 radical (unpaired) electrons. The molecule has 0 spiro atoms. The van der Waals surface area contributed by atoms with E-state index in [-0.39, 0.29) is 11.9 Å². The number of allylic oxidation sites excluding steroid dienone is 1. The Balaban J connectivity index is 2.28. The smallest absolute Gasteiger partial charge is 0.163 e. The third kappa shape index (κ3) is 2.95. The maximum atomic E-state index is 5.59. The topological polar surface area (TPSA) is 18.5 Å². The van der Waals surface area contributed by atoms with Gasteiger partial charge in [0.2, 0.25) is 0 Å². The van der Waals surface area contributed by atoms with Crippen LogP contribution in [0.3, 0.4) is 0 Å². The molecule has 0 saturated carbocycles. The third-order valence-corrected chi connectivity index (χ3v) is 1.84. The zero-order chi connectivity index (χ0) is 9.03. The Bertz CT molecular complexity index is 161. The van der Waals surface area contributed by atoms with E-state index >= 15 is 0 Å². The van der Waals surface area contributed by atoms with Crippen LogP contribution >= 0.6 is 0 Å². The van der Waals surface area contributed by atoms with Crippen molar-refractivity contribution in [2.75, 3.05) is 6.61 Å². The molecule has 0 aliphatic carbocycles. The molecular weight excluding hydrogens is 152 g/mol. The molecule has 1 aliphatic heterocycles. The van der Waals surface area contributed by atoms with Gasteiger partial charge < -0.3 is 9.47 Å². The van der Waals surface area contributed by atoms with E-state index in [1.807, 2.05) is 13.8 Å². The summed E-state index contributed by atoms with van der Waals surface area (Å²) in [6.45, 7) is 6.74. The molecule has 70 valence electrons. The zero-order valence-electron chi connectivity index (χ0n) is 8.17. The Kier molecular flexibility index (Phi) is 3.29. The van der Waals surface area contributed by atoms with Gasteiger partial charge in [0.15, 0.2) is 5.79 Å². The Morgan fingerprint density at radius 2 is 2.25 bits per heavy atom. The maximum Gasteiger partial charge on any atom is 0.163 e. The summed E-state index contributed by atoms with van der Waals surface area (Å²) < 4.78 is 11.0. The first-order valence-corrected chi connectivity index (χ1v) is 4.62. The minimum atomic E-state index is -0.388. The van der Waals surface area contributed by atoms with Gasteiger partial charge in [-0.05, 0) is 20.3 Å². The third-order valence-electron chi connectivity index (χ3n) is 1.84. The molecule has 1 rings (SSSR count). The Morgan fingerprint density at radius 1 is 1.50 bits per heavy atom. The Hall–Kier alpha value is -0.340. The lowest BCUT2D eigenvalue weighted by Crippen LogP contribution is -2.20. The van der Waals surface area contributed by atoms with E-state index < -0.39 is 0 Å². The molecule has 0 N–H and O–H groups in total. The van der Waals surface area contributed by atoms with E-state index in [1.54, 1.807) is 0 Å². The van der Waals surface area contributed by atoms with Crippen molar-refractivity contribution in [1.82, 2.24) is 0 Å². The van der Waals surface area contributed by atoms with E-state index in [9.17, 15) is 0 Å². The van der Waals surface area contributed by atoms with Gasteiger partial charge in [0, 0.05) is 0 Å². The summed E-state index contributed by atoms with van der Waals surface area (Å²) in [7, 11) is 0. The van der Waals surface area contributed by atoms with Crippen molar-refractivity contribution in [3.05, 3.63) is 12.2 Å². The van der Waals surface area contributed by atoms with Crippen LogP contribution < -0.4 is 0 Å². The molecule has 0 aromatic carbocycles. The summed E-state index contributed by atoms with van der Waals surface area (Å²) in [6, 6.07) is 0. The van der Waals surface area contributed by atoms with Crippen LogP contribution in [0.25, 0.3) is 0 Å². The highest BCUT2D eigenvalue weighted by molar-refractivity contribution is 4.92. The number of hydrogen-bond acceptors (Lipinski definition) is 2. The zero-order valence-corrected chi connectivity index (χ0v) is 8.17. The second-order valence-electron chi connectivity index (χ2n) is 3.58. The molecule has 0 amide bonds. The molecule has 1 saturated heterocycles. The van der Waals surface area contributed by atoms with Crippen LogP contribution in [-0.2, 0) is 9.47 Å². The van der Waals surface area contributed by atoms with E-state index in [4.69, 9.17) is 9.47 Å². The predicted octanol–water partition coefficient (Wildman–Crippen LogP) is 2.49. The van der Waals surface area contributed by atoms with E-state index in [1.165, 1.54) is 6.42 Å². The largest absolute Gasteiger partial charge is 0.347 e. The lowest BCUT2D eigenvalue weighted by atomic mass is 10.2. The van der Waals surface area contributed by atoms with Gasteiger partial charge in [0.05, 0.1) is 6.61 Å². The first-order valence-electron chi connectivity index (χ1n) is 4.62. The van der Waals surface area contributed by atoms with Crippen LogP contribution in [0, 0.1) is 0 Å². The number of hydrogen-bond donors (Lipinski definition) is 0. The first-order chi connectivity index (χ1) is 5.64. The summed E-state index contributed by atoms with van der Waals surface area (Å²) >= 11 is 0. The number of ether oxygens (including phenoxy) is 2. The molecule has 0 aromatic heterocycles. The van der Waals surface area contributed by atoms with Crippen molar-refractivity contribution in [2.24, 2.45) is 0 Å². The molecule has 1 heterocycles.